The summed E-state index contributed by atoms with van der Waals surface area (Å²) in [6.07, 6.45) is 5.18. The third kappa shape index (κ3) is 20.4. The number of hydrogen-bond donors (Lipinski definition) is 16. The van der Waals surface area contributed by atoms with E-state index in [1.807, 2.05) is 0 Å². The first-order chi connectivity index (χ1) is 37.0. The maximum atomic E-state index is 14.2. The fourth-order valence-electron chi connectivity index (χ4n) is 7.76. The molecule has 0 unspecified atom stereocenters. The van der Waals surface area contributed by atoms with Crippen LogP contribution in [0.15, 0.2) is 43.0 Å². The first-order valence-electron chi connectivity index (χ1n) is 25.1. The number of nitrogens with two attached hydrogens (primary N) is 1. The monoisotopic (exact) mass is 1120 g/mol. The molecule has 29 heteroatoms. The van der Waals surface area contributed by atoms with Gasteiger partial charge in [0.15, 0.2) is 0 Å². The van der Waals surface area contributed by atoms with E-state index in [1.165, 1.54) is 31.2 Å². The Morgan fingerprint density at radius 3 is 1.77 bits per heavy atom. The molecule has 3 aromatic rings. The fourth-order valence-corrected chi connectivity index (χ4v) is 8.23. The molecule has 0 saturated carbocycles. The smallest absolute Gasteiger partial charge is 0.326 e. The number of fused-ring (bicyclic) bond motifs is 1. The molecular weight excluding hydrogens is 1040 g/mol. The largest absolute Gasteiger partial charge is 0.481 e. The fraction of sp³-hybridized carbons (Fsp3) is 0.551. The number of aliphatic hydroxyl groups excluding tert-OH is 2. The number of aromatic amines is 2. The second kappa shape index (κ2) is 32.2. The Bertz CT molecular complexity index is 2550. The van der Waals surface area contributed by atoms with Crippen LogP contribution in [0.1, 0.15) is 71.6 Å². The molecule has 0 fully saturated rings. The second-order valence-electron chi connectivity index (χ2n) is 18.9. The van der Waals surface area contributed by atoms with Crippen LogP contribution in [-0.4, -0.2) is 187 Å². The molecule has 0 spiro atoms. The highest BCUT2D eigenvalue weighted by Crippen LogP contribution is 2.20. The van der Waals surface area contributed by atoms with E-state index >= 15 is 0 Å². The average molecular weight is 1120 g/mol. The molecule has 0 aliphatic rings. The van der Waals surface area contributed by atoms with E-state index in [0.29, 0.717) is 27.9 Å². The van der Waals surface area contributed by atoms with Crippen LogP contribution in [0.2, 0.25) is 0 Å². The van der Waals surface area contributed by atoms with Crippen molar-refractivity contribution in [3.63, 3.8) is 0 Å². The van der Waals surface area contributed by atoms with Gasteiger partial charge in [-0.25, -0.2) is 9.78 Å². The highest BCUT2D eigenvalue weighted by molar-refractivity contribution is 7.98. The molecule has 78 heavy (non-hydrogen) atoms. The quantitative estimate of drug-likeness (QED) is 0.0275. The molecule has 9 amide bonds. The lowest BCUT2D eigenvalue weighted by Gasteiger charge is -2.29. The Morgan fingerprint density at radius 1 is 0.641 bits per heavy atom. The number of aliphatic carboxylic acids is 2. The molecule has 0 bridgehead atoms. The molecule has 0 aliphatic heterocycles. The van der Waals surface area contributed by atoms with Gasteiger partial charge in [-0.1, -0.05) is 52.3 Å². The Kier molecular flexibility index (Phi) is 26.7. The number of para-hydroxylation sites is 1. The number of rotatable bonds is 34. The zero-order valence-electron chi connectivity index (χ0n) is 44.2. The number of imidazole rings is 1. The van der Waals surface area contributed by atoms with Crippen molar-refractivity contribution in [1.82, 2.24) is 62.8 Å². The van der Waals surface area contributed by atoms with Gasteiger partial charge in [0.05, 0.1) is 32.5 Å². The molecule has 17 N–H and O–H groups in total. The van der Waals surface area contributed by atoms with Crippen molar-refractivity contribution in [2.45, 2.75) is 128 Å². The number of nitrogens with zero attached hydrogens (tertiary/aromatic N) is 1. The van der Waals surface area contributed by atoms with E-state index in [0.717, 1.165) is 0 Å². The summed E-state index contributed by atoms with van der Waals surface area (Å²) >= 11 is 1.35. The number of thioether (sulfide) groups is 1. The third-order valence-corrected chi connectivity index (χ3v) is 12.9. The number of carboxylic acids is 2. The van der Waals surface area contributed by atoms with E-state index in [-0.39, 0.29) is 38.0 Å². The maximum Gasteiger partial charge on any atom is 0.326 e. The molecule has 0 radical (unpaired) electrons. The molecule has 430 valence electrons. The summed E-state index contributed by atoms with van der Waals surface area (Å²) in [6.45, 7) is 5.52. The Morgan fingerprint density at radius 2 is 1.19 bits per heavy atom. The molecular formula is C49H73N13O15S. The van der Waals surface area contributed by atoms with Gasteiger partial charge in [-0.2, -0.15) is 11.8 Å². The van der Waals surface area contributed by atoms with Gasteiger partial charge in [0.25, 0.3) is 0 Å². The zero-order valence-corrected chi connectivity index (χ0v) is 45.0. The number of carboxylic acid groups (broad SMARTS) is 2. The van der Waals surface area contributed by atoms with Gasteiger partial charge in [-0.3, -0.25) is 47.9 Å². The minimum absolute atomic E-state index is 0.0488. The summed E-state index contributed by atoms with van der Waals surface area (Å²) in [7, 11) is 0. The van der Waals surface area contributed by atoms with E-state index in [1.54, 1.807) is 64.4 Å². The molecule has 2 heterocycles. The van der Waals surface area contributed by atoms with E-state index < -0.39 is 152 Å². The van der Waals surface area contributed by atoms with Gasteiger partial charge in [-0.05, 0) is 55.2 Å². The van der Waals surface area contributed by atoms with Crippen molar-refractivity contribution >= 4 is 87.8 Å². The minimum Gasteiger partial charge on any atom is -0.481 e. The van der Waals surface area contributed by atoms with Crippen molar-refractivity contribution in [2.24, 2.45) is 17.6 Å². The molecule has 0 saturated heterocycles. The molecule has 0 aliphatic carbocycles. The predicted molar refractivity (Wildman–Crippen MR) is 282 cm³/mol. The van der Waals surface area contributed by atoms with Crippen LogP contribution in [0.5, 0.6) is 0 Å². The van der Waals surface area contributed by atoms with Crippen molar-refractivity contribution in [2.75, 3.05) is 31.8 Å². The van der Waals surface area contributed by atoms with Gasteiger partial charge in [0.1, 0.15) is 54.4 Å². The summed E-state index contributed by atoms with van der Waals surface area (Å²) in [6, 6.07) is -6.61. The van der Waals surface area contributed by atoms with Gasteiger partial charge >= 0.3 is 11.9 Å². The number of hydrogen-bond acceptors (Lipinski definition) is 16. The first kappa shape index (κ1) is 64.7. The minimum atomic E-state index is -1.94. The normalized spacial score (nSPS) is 15.1. The van der Waals surface area contributed by atoms with E-state index in [4.69, 9.17) is 5.73 Å². The Hall–Kier alpha value is -7.63. The Balaban J connectivity index is 1.80. The number of carbonyl (C=O) groups excluding carboxylic acids is 9. The van der Waals surface area contributed by atoms with E-state index in [2.05, 4.69) is 62.8 Å². The summed E-state index contributed by atoms with van der Waals surface area (Å²) in [5.41, 5.74) is 7.06. The third-order valence-electron chi connectivity index (χ3n) is 12.3. The summed E-state index contributed by atoms with van der Waals surface area (Å²) < 4.78 is 0. The highest BCUT2D eigenvalue weighted by Gasteiger charge is 2.36. The average Bonchev–Trinajstić information content (AvgIpc) is 4.08. The molecule has 10 atom stereocenters. The van der Waals surface area contributed by atoms with Crippen molar-refractivity contribution in [3.05, 3.63) is 54.2 Å². The number of carbonyl (C=O) groups is 11. The Labute approximate surface area is 453 Å². The SMILES string of the molecule is CC[C@H](C)[C@H](NC(=O)[C@H](CO)NC(=O)[C@H](CC(C)C)NC(=O)CN)C(=O)N[C@@H](CO)C(=O)N[C@@H](CC(=O)O)C(=O)N[C@@H](C)C(=O)N[C@@H](Cc1c[nH]c2ccccc12)C(=O)N[C@@H](CCSC)C(=O)N[C@@H](Cc1cnc[nH]1)C(=O)O. The lowest BCUT2D eigenvalue weighted by molar-refractivity contribution is -0.142. The van der Waals surface area contributed by atoms with Crippen LogP contribution in [0.3, 0.4) is 0 Å². The summed E-state index contributed by atoms with van der Waals surface area (Å²) in [5, 5.41) is 62.3. The van der Waals surface area contributed by atoms with Crippen molar-refractivity contribution in [1.29, 1.82) is 0 Å². The molecule has 28 nitrogen and oxygen atoms in total. The molecule has 3 rings (SSSR count). The number of nitrogens with one attached hydrogen (secondary N) is 11. The predicted octanol–water partition coefficient (Wildman–Crippen LogP) is -3.59. The van der Waals surface area contributed by atoms with Crippen LogP contribution in [0, 0.1) is 11.8 Å². The summed E-state index contributed by atoms with van der Waals surface area (Å²) in [5.74, 6) is -12.0. The topological polar surface area (TPSA) is 447 Å². The van der Waals surface area contributed by atoms with Gasteiger partial charge < -0.3 is 84.0 Å². The molecule has 1 aromatic carbocycles. The van der Waals surface area contributed by atoms with Crippen LogP contribution in [0.25, 0.3) is 10.9 Å². The van der Waals surface area contributed by atoms with Gasteiger partial charge in [0.2, 0.25) is 53.2 Å². The maximum absolute atomic E-state index is 14.2. The number of aromatic nitrogens is 3. The van der Waals surface area contributed by atoms with Crippen LogP contribution in [0.4, 0.5) is 0 Å². The number of benzene rings is 1. The van der Waals surface area contributed by atoms with Crippen LogP contribution < -0.4 is 53.6 Å². The lowest BCUT2D eigenvalue weighted by Crippen LogP contribution is -2.62. The summed E-state index contributed by atoms with van der Waals surface area (Å²) in [4.78, 5) is 155. The molecule has 2 aromatic heterocycles. The van der Waals surface area contributed by atoms with Crippen molar-refractivity contribution in [3.8, 4) is 0 Å². The van der Waals surface area contributed by atoms with Crippen LogP contribution in [-0.2, 0) is 65.6 Å². The van der Waals surface area contributed by atoms with E-state index in [9.17, 15) is 73.2 Å². The first-order valence-corrected chi connectivity index (χ1v) is 26.5. The van der Waals surface area contributed by atoms with Gasteiger partial charge in [-0.15, -0.1) is 0 Å². The standard InChI is InChI=1S/C49H73N13O15S/c1-7-25(4)40(62-47(74)37(22-64)60-44(71)32(14-24(2)3)55-38(65)18-50)48(75)61-36(21-63)46(73)58-34(17-39(66)67)43(70)54-26(5)41(68)57-33(15-27-19-52-30-11-9-8-10-29(27)30)45(72)56-31(12-13-78-6)42(69)59-35(49(76)77)16-28-20-51-23-53-28/h8-11,19-20,23-26,31-37,40,52,63-64H,7,12-18,21-22,50H2,1-6H3,(H,51,53)(H,54,70)(H,55,65)(H,56,72)(H,57,68)(H,58,73)(H,59,69)(H,60,71)(H,61,75)(H,62,74)(H,66,67)(H,76,77)/t25-,26-,31-,32-,33-,34-,35-,36-,37-,40-/m0/s1. The number of amides is 9. The van der Waals surface area contributed by atoms with Crippen LogP contribution >= 0.6 is 11.8 Å². The highest BCUT2D eigenvalue weighted by atomic mass is 32.2. The number of H-pyrrole nitrogens is 2. The van der Waals surface area contributed by atoms with Crippen molar-refractivity contribution < 1.29 is 73.2 Å². The zero-order chi connectivity index (χ0) is 58.2. The van der Waals surface area contributed by atoms with Gasteiger partial charge in [0, 0.05) is 41.8 Å². The number of aliphatic hydroxyl groups is 2. The second-order valence-corrected chi connectivity index (χ2v) is 19.8. The lowest BCUT2D eigenvalue weighted by atomic mass is 9.97.